The summed E-state index contributed by atoms with van der Waals surface area (Å²) in [5.41, 5.74) is 1.07. The van der Waals surface area contributed by atoms with Crippen LogP contribution in [0, 0.1) is 0 Å². The number of carbonyl (C=O) groups is 1. The third-order valence-electron chi connectivity index (χ3n) is 4.37. The van der Waals surface area contributed by atoms with Gasteiger partial charge >= 0.3 is 0 Å². The second-order valence-corrected chi connectivity index (χ2v) is 7.03. The van der Waals surface area contributed by atoms with Crippen molar-refractivity contribution < 1.29 is 4.79 Å². The Morgan fingerprint density at radius 2 is 2.00 bits per heavy atom. The number of hydrogen-bond donors (Lipinski definition) is 1. The van der Waals surface area contributed by atoms with Gasteiger partial charge in [-0.1, -0.05) is 12.1 Å². The van der Waals surface area contributed by atoms with Crippen molar-refractivity contribution >= 4 is 52.3 Å². The fourth-order valence-corrected chi connectivity index (χ4v) is 4.00. The zero-order valence-electron chi connectivity index (χ0n) is 13.9. The second-order valence-electron chi connectivity index (χ2n) is 5.91. The number of hydrogen-bond acceptors (Lipinski definition) is 4. The zero-order valence-corrected chi connectivity index (χ0v) is 16.3. The molecule has 134 valence electrons. The van der Waals surface area contributed by atoms with Gasteiger partial charge in [-0.05, 0) is 50.9 Å². The van der Waals surface area contributed by atoms with Crippen LogP contribution in [0.4, 0.5) is 0 Å². The van der Waals surface area contributed by atoms with Crippen LogP contribution in [-0.2, 0) is 11.2 Å². The Morgan fingerprint density at radius 3 is 2.71 bits per heavy atom. The van der Waals surface area contributed by atoms with E-state index in [2.05, 4.69) is 16.4 Å². The number of nitrogens with zero attached hydrogens (tertiary/aromatic N) is 2. The smallest absolute Gasteiger partial charge is 0.222 e. The molecule has 1 N–H and O–H groups in total. The Balaban J connectivity index is 0.00000144. The molecule has 0 unspecified atom stereocenters. The number of aryl methyl sites for hydroxylation is 1. The maximum absolute atomic E-state index is 12.3. The van der Waals surface area contributed by atoms with E-state index >= 15 is 0 Å². The van der Waals surface area contributed by atoms with E-state index in [4.69, 9.17) is 0 Å². The maximum Gasteiger partial charge on any atom is 0.222 e. The van der Waals surface area contributed by atoms with Crippen molar-refractivity contribution in [3.63, 3.8) is 0 Å². The van der Waals surface area contributed by atoms with Gasteiger partial charge in [0.05, 0.1) is 15.2 Å². The largest absolute Gasteiger partial charge is 0.343 e. The van der Waals surface area contributed by atoms with E-state index in [1.807, 2.05) is 30.1 Å². The lowest BCUT2D eigenvalue weighted by Crippen LogP contribution is -2.43. The molecule has 2 aromatic rings. The predicted octanol–water partition coefficient (Wildman–Crippen LogP) is 3.67. The van der Waals surface area contributed by atoms with Crippen molar-refractivity contribution in [2.45, 2.75) is 38.1 Å². The number of thiazole rings is 1. The van der Waals surface area contributed by atoms with E-state index in [-0.39, 0.29) is 30.7 Å². The third-order valence-corrected chi connectivity index (χ3v) is 5.47. The number of piperidine rings is 1. The van der Waals surface area contributed by atoms with Crippen molar-refractivity contribution in [3.8, 4) is 0 Å². The van der Waals surface area contributed by atoms with Gasteiger partial charge in [-0.3, -0.25) is 4.79 Å². The molecule has 3 rings (SSSR count). The molecule has 0 aliphatic carbocycles. The van der Waals surface area contributed by atoms with Crippen LogP contribution in [0.5, 0.6) is 0 Å². The van der Waals surface area contributed by atoms with Crippen LogP contribution in [0.2, 0.25) is 0 Å². The Hall–Kier alpha value is -0.880. The maximum atomic E-state index is 12.3. The number of halogens is 2. The summed E-state index contributed by atoms with van der Waals surface area (Å²) in [6.07, 6.45) is 4.54. The Labute approximate surface area is 159 Å². The fourth-order valence-electron chi connectivity index (χ4n) is 2.99. The highest BCUT2D eigenvalue weighted by Crippen LogP contribution is 2.23. The third kappa shape index (κ3) is 5.31. The fraction of sp³-hybridized carbons (Fsp3) is 0.529. The lowest BCUT2D eigenvalue weighted by molar-refractivity contribution is -0.132. The average molecular weight is 390 g/mol. The topological polar surface area (TPSA) is 45.2 Å². The van der Waals surface area contributed by atoms with Crippen LogP contribution < -0.4 is 5.32 Å². The predicted molar refractivity (Wildman–Crippen MR) is 106 cm³/mol. The van der Waals surface area contributed by atoms with Gasteiger partial charge in [-0.2, -0.15) is 0 Å². The SMILES string of the molecule is CN(C(=O)CCCc1nc2ccccc2s1)C1CCNCC1.Cl.Cl. The molecule has 1 aliphatic heterocycles. The molecule has 1 aromatic heterocycles. The van der Waals surface area contributed by atoms with Gasteiger partial charge in [0.25, 0.3) is 0 Å². The van der Waals surface area contributed by atoms with Crippen LogP contribution in [-0.4, -0.2) is 42.0 Å². The minimum atomic E-state index is 0. The number of amides is 1. The number of rotatable bonds is 5. The number of para-hydroxylation sites is 1. The molecule has 1 saturated heterocycles. The number of fused-ring (bicyclic) bond motifs is 1. The minimum Gasteiger partial charge on any atom is -0.343 e. The van der Waals surface area contributed by atoms with Gasteiger partial charge in [0, 0.05) is 19.5 Å². The second kappa shape index (κ2) is 10.2. The number of nitrogens with one attached hydrogen (secondary N) is 1. The quantitative estimate of drug-likeness (QED) is 0.847. The molecular weight excluding hydrogens is 365 g/mol. The van der Waals surface area contributed by atoms with Crippen LogP contribution in [0.1, 0.15) is 30.7 Å². The monoisotopic (exact) mass is 389 g/mol. The molecule has 24 heavy (non-hydrogen) atoms. The minimum absolute atomic E-state index is 0. The molecule has 0 saturated carbocycles. The molecule has 2 heterocycles. The summed E-state index contributed by atoms with van der Waals surface area (Å²) in [5.74, 6) is 0.271. The van der Waals surface area contributed by atoms with Gasteiger partial charge in [0.1, 0.15) is 0 Å². The standard InChI is InChI=1S/C17H23N3OS.2ClH/c1-20(13-9-11-18-12-10-13)17(21)8-4-7-16-19-14-5-2-3-6-15(14)22-16;;/h2-3,5-6,13,18H,4,7-12H2,1H3;2*1H. The summed E-state index contributed by atoms with van der Waals surface area (Å²) in [7, 11) is 1.95. The molecule has 0 bridgehead atoms. The summed E-state index contributed by atoms with van der Waals surface area (Å²) < 4.78 is 1.23. The molecule has 0 atom stereocenters. The lowest BCUT2D eigenvalue weighted by atomic mass is 10.0. The molecular formula is C17H25Cl2N3OS. The van der Waals surface area contributed by atoms with Crippen molar-refractivity contribution in [1.29, 1.82) is 0 Å². The van der Waals surface area contributed by atoms with Crippen LogP contribution >= 0.6 is 36.2 Å². The van der Waals surface area contributed by atoms with Crippen molar-refractivity contribution in [3.05, 3.63) is 29.3 Å². The Morgan fingerprint density at radius 1 is 1.29 bits per heavy atom. The highest BCUT2D eigenvalue weighted by Gasteiger charge is 2.21. The first-order valence-corrected chi connectivity index (χ1v) is 8.86. The number of aromatic nitrogens is 1. The summed E-state index contributed by atoms with van der Waals surface area (Å²) >= 11 is 1.74. The van der Waals surface area contributed by atoms with Crippen molar-refractivity contribution in [2.75, 3.05) is 20.1 Å². The van der Waals surface area contributed by atoms with Gasteiger partial charge in [0.2, 0.25) is 5.91 Å². The average Bonchev–Trinajstić information content (AvgIpc) is 2.97. The van der Waals surface area contributed by atoms with E-state index < -0.39 is 0 Å². The highest BCUT2D eigenvalue weighted by atomic mass is 35.5. The van der Waals surface area contributed by atoms with Gasteiger partial charge in [-0.15, -0.1) is 36.2 Å². The molecule has 0 radical (unpaired) electrons. The zero-order chi connectivity index (χ0) is 15.4. The van der Waals surface area contributed by atoms with Crippen molar-refractivity contribution in [1.82, 2.24) is 15.2 Å². The normalized spacial score (nSPS) is 14.7. The number of carbonyl (C=O) groups excluding carboxylic acids is 1. The highest BCUT2D eigenvalue weighted by molar-refractivity contribution is 7.18. The van der Waals surface area contributed by atoms with Gasteiger partial charge in [-0.25, -0.2) is 4.98 Å². The van der Waals surface area contributed by atoms with Crippen molar-refractivity contribution in [2.24, 2.45) is 0 Å². The summed E-state index contributed by atoms with van der Waals surface area (Å²) in [6, 6.07) is 8.62. The first kappa shape index (κ1) is 21.2. The molecule has 0 spiro atoms. The van der Waals surface area contributed by atoms with E-state index in [0.717, 1.165) is 49.3 Å². The first-order valence-electron chi connectivity index (χ1n) is 8.05. The van der Waals surface area contributed by atoms with Crippen LogP contribution in [0.3, 0.4) is 0 Å². The summed E-state index contributed by atoms with van der Waals surface area (Å²) in [6.45, 7) is 2.04. The Kier molecular flexibility index (Phi) is 8.98. The molecule has 1 amide bonds. The molecule has 4 nitrogen and oxygen atoms in total. The Bertz CT molecular complexity index is 611. The van der Waals surface area contributed by atoms with E-state index in [1.165, 1.54) is 4.70 Å². The van der Waals surface area contributed by atoms with Gasteiger partial charge < -0.3 is 10.2 Å². The number of benzene rings is 1. The lowest BCUT2D eigenvalue weighted by Gasteiger charge is -2.31. The summed E-state index contributed by atoms with van der Waals surface area (Å²) in [5, 5.41) is 4.48. The molecule has 1 aliphatic rings. The summed E-state index contributed by atoms with van der Waals surface area (Å²) in [4.78, 5) is 18.9. The van der Waals surface area contributed by atoms with Crippen LogP contribution in [0.15, 0.2) is 24.3 Å². The molecule has 1 aromatic carbocycles. The molecule has 7 heteroatoms. The first-order chi connectivity index (χ1) is 10.7. The van der Waals surface area contributed by atoms with E-state index in [1.54, 1.807) is 11.3 Å². The van der Waals surface area contributed by atoms with Gasteiger partial charge in [0.15, 0.2) is 0 Å². The van der Waals surface area contributed by atoms with E-state index in [9.17, 15) is 4.79 Å². The molecule has 1 fully saturated rings. The van der Waals surface area contributed by atoms with Crippen LogP contribution in [0.25, 0.3) is 10.2 Å². The van der Waals surface area contributed by atoms with E-state index in [0.29, 0.717) is 12.5 Å².